The van der Waals surface area contributed by atoms with Crippen molar-refractivity contribution in [3.63, 3.8) is 0 Å². The predicted octanol–water partition coefficient (Wildman–Crippen LogP) is 2.28. The monoisotopic (exact) mass is 243 g/mol. The summed E-state index contributed by atoms with van der Waals surface area (Å²) in [6.07, 6.45) is 1.52. The van der Waals surface area contributed by atoms with Crippen molar-refractivity contribution < 1.29 is 9.94 Å². The number of benzene rings is 1. The molecule has 0 aliphatic rings. The van der Waals surface area contributed by atoms with Crippen molar-refractivity contribution in [3.8, 4) is 11.5 Å². The van der Waals surface area contributed by atoms with Crippen LogP contribution >= 0.6 is 0 Å². The Balaban J connectivity index is 2.16. The van der Waals surface area contributed by atoms with Gasteiger partial charge in [-0.15, -0.1) is 0 Å². The molecular weight excluding hydrogens is 230 g/mol. The van der Waals surface area contributed by atoms with Gasteiger partial charge in [0.15, 0.2) is 5.84 Å². The topological polar surface area (TPSA) is 80.7 Å². The van der Waals surface area contributed by atoms with Gasteiger partial charge in [-0.1, -0.05) is 17.3 Å². The first-order chi connectivity index (χ1) is 8.69. The molecule has 2 aromatic rings. The summed E-state index contributed by atoms with van der Waals surface area (Å²) < 4.78 is 5.62. The zero-order chi connectivity index (χ0) is 13.0. The number of ether oxygens (including phenoxy) is 1. The summed E-state index contributed by atoms with van der Waals surface area (Å²) in [4.78, 5) is 4.03. The summed E-state index contributed by atoms with van der Waals surface area (Å²) >= 11 is 0. The Hall–Kier alpha value is -2.56. The maximum Gasteiger partial charge on any atom is 0.188 e. The predicted molar refractivity (Wildman–Crippen MR) is 68.0 cm³/mol. The molecule has 1 aromatic carbocycles. The highest BCUT2D eigenvalue weighted by molar-refractivity contribution is 5.95. The number of pyridine rings is 1. The number of oxime groups is 1. The molecule has 0 bridgehead atoms. The van der Waals surface area contributed by atoms with Crippen LogP contribution in [-0.2, 0) is 0 Å². The number of nitrogens with zero attached hydrogens (tertiary/aromatic N) is 2. The molecule has 3 N–H and O–H groups in total. The van der Waals surface area contributed by atoms with Crippen molar-refractivity contribution >= 4 is 5.84 Å². The molecular formula is C13H13N3O2. The van der Waals surface area contributed by atoms with Gasteiger partial charge in [0.25, 0.3) is 0 Å². The van der Waals surface area contributed by atoms with Crippen molar-refractivity contribution in [1.29, 1.82) is 0 Å². The van der Waals surface area contributed by atoms with Gasteiger partial charge in [-0.3, -0.25) is 0 Å². The summed E-state index contributed by atoms with van der Waals surface area (Å²) in [5.74, 6) is 1.31. The molecule has 5 nitrogen and oxygen atoms in total. The molecule has 0 spiro atoms. The van der Waals surface area contributed by atoms with Crippen LogP contribution in [0.5, 0.6) is 11.5 Å². The third-order valence-electron chi connectivity index (χ3n) is 2.33. The minimum absolute atomic E-state index is 0.0305. The minimum atomic E-state index is -0.0305. The van der Waals surface area contributed by atoms with Crippen LogP contribution in [0.4, 0.5) is 0 Å². The summed E-state index contributed by atoms with van der Waals surface area (Å²) in [5.41, 5.74) is 6.93. The molecule has 1 heterocycles. The Morgan fingerprint density at radius 3 is 2.72 bits per heavy atom. The van der Waals surface area contributed by atoms with Crippen LogP contribution in [0, 0.1) is 6.92 Å². The number of aromatic nitrogens is 1. The highest BCUT2D eigenvalue weighted by Gasteiger charge is 2.02. The summed E-state index contributed by atoms with van der Waals surface area (Å²) in [5, 5.41) is 11.4. The molecule has 0 aliphatic carbocycles. The molecule has 0 fully saturated rings. The SMILES string of the molecule is Cc1cccc(Oc2ccc(/C(N)=N/O)nc2)c1. The lowest BCUT2D eigenvalue weighted by Crippen LogP contribution is -2.14. The van der Waals surface area contributed by atoms with E-state index < -0.39 is 0 Å². The second-order valence-corrected chi connectivity index (χ2v) is 3.78. The molecule has 18 heavy (non-hydrogen) atoms. The average Bonchev–Trinajstić information content (AvgIpc) is 2.39. The van der Waals surface area contributed by atoms with Crippen LogP contribution < -0.4 is 10.5 Å². The van der Waals surface area contributed by atoms with E-state index in [2.05, 4.69) is 10.1 Å². The Morgan fingerprint density at radius 2 is 2.11 bits per heavy atom. The van der Waals surface area contributed by atoms with E-state index in [1.54, 1.807) is 12.1 Å². The standard InChI is InChI=1S/C13H13N3O2/c1-9-3-2-4-10(7-9)18-11-5-6-12(15-8-11)13(14)16-17/h2-8,17H,1H3,(H2,14,16). The van der Waals surface area contributed by atoms with Crippen LogP contribution in [0.2, 0.25) is 0 Å². The van der Waals surface area contributed by atoms with Crippen LogP contribution in [-0.4, -0.2) is 16.0 Å². The largest absolute Gasteiger partial charge is 0.456 e. The lowest BCUT2D eigenvalue weighted by atomic mass is 10.2. The molecule has 0 saturated carbocycles. The number of amidine groups is 1. The number of nitrogens with two attached hydrogens (primary N) is 1. The minimum Gasteiger partial charge on any atom is -0.456 e. The van der Waals surface area contributed by atoms with Crippen molar-refractivity contribution in [2.75, 3.05) is 0 Å². The van der Waals surface area contributed by atoms with E-state index in [4.69, 9.17) is 15.7 Å². The molecule has 1 aromatic heterocycles. The quantitative estimate of drug-likeness (QED) is 0.375. The molecule has 92 valence electrons. The zero-order valence-corrected chi connectivity index (χ0v) is 9.87. The molecule has 0 amide bonds. The van der Waals surface area contributed by atoms with Gasteiger partial charge in [0.1, 0.15) is 17.2 Å². The lowest BCUT2D eigenvalue weighted by Gasteiger charge is -2.06. The van der Waals surface area contributed by atoms with Crippen LogP contribution in [0.3, 0.4) is 0 Å². The summed E-state index contributed by atoms with van der Waals surface area (Å²) in [6.45, 7) is 1.99. The summed E-state index contributed by atoms with van der Waals surface area (Å²) in [7, 11) is 0. The fraction of sp³-hybridized carbons (Fsp3) is 0.0769. The number of hydrogen-bond acceptors (Lipinski definition) is 4. The highest BCUT2D eigenvalue weighted by atomic mass is 16.5. The second kappa shape index (κ2) is 5.18. The fourth-order valence-electron chi connectivity index (χ4n) is 1.46. The molecule has 0 aliphatic heterocycles. The molecule has 2 rings (SSSR count). The maximum absolute atomic E-state index is 8.51. The van der Waals surface area contributed by atoms with Crippen molar-refractivity contribution in [3.05, 3.63) is 53.9 Å². The molecule has 0 unspecified atom stereocenters. The van der Waals surface area contributed by atoms with Crippen molar-refractivity contribution in [2.45, 2.75) is 6.92 Å². The van der Waals surface area contributed by atoms with E-state index in [1.165, 1.54) is 6.20 Å². The third-order valence-corrected chi connectivity index (χ3v) is 2.33. The zero-order valence-electron chi connectivity index (χ0n) is 9.87. The van der Waals surface area contributed by atoms with E-state index in [0.29, 0.717) is 11.4 Å². The first-order valence-corrected chi connectivity index (χ1v) is 5.37. The Kier molecular flexibility index (Phi) is 3.43. The maximum atomic E-state index is 8.51. The van der Waals surface area contributed by atoms with E-state index in [1.807, 2.05) is 31.2 Å². The van der Waals surface area contributed by atoms with E-state index in [0.717, 1.165) is 11.3 Å². The fourth-order valence-corrected chi connectivity index (χ4v) is 1.46. The Morgan fingerprint density at radius 1 is 1.28 bits per heavy atom. The van der Waals surface area contributed by atoms with Gasteiger partial charge in [0.05, 0.1) is 6.20 Å². The van der Waals surface area contributed by atoms with Crippen molar-refractivity contribution in [1.82, 2.24) is 4.98 Å². The summed E-state index contributed by atoms with van der Waals surface area (Å²) in [6, 6.07) is 11.0. The van der Waals surface area contributed by atoms with Crippen LogP contribution in [0.1, 0.15) is 11.3 Å². The van der Waals surface area contributed by atoms with Gasteiger partial charge in [0.2, 0.25) is 0 Å². The Bertz CT molecular complexity index is 565. The van der Waals surface area contributed by atoms with Crippen LogP contribution in [0.15, 0.2) is 47.8 Å². The lowest BCUT2D eigenvalue weighted by molar-refractivity contribution is 0.318. The van der Waals surface area contributed by atoms with Gasteiger partial charge in [-0.05, 0) is 36.8 Å². The normalized spacial score (nSPS) is 11.3. The van der Waals surface area contributed by atoms with Crippen molar-refractivity contribution in [2.24, 2.45) is 10.9 Å². The van der Waals surface area contributed by atoms with E-state index in [-0.39, 0.29) is 5.84 Å². The van der Waals surface area contributed by atoms with Crippen LogP contribution in [0.25, 0.3) is 0 Å². The second-order valence-electron chi connectivity index (χ2n) is 3.78. The Labute approximate surface area is 105 Å². The van der Waals surface area contributed by atoms with E-state index >= 15 is 0 Å². The van der Waals surface area contributed by atoms with E-state index in [9.17, 15) is 0 Å². The van der Waals surface area contributed by atoms with Gasteiger partial charge in [-0.2, -0.15) is 0 Å². The number of rotatable bonds is 3. The van der Waals surface area contributed by atoms with Gasteiger partial charge < -0.3 is 15.7 Å². The first-order valence-electron chi connectivity index (χ1n) is 5.37. The average molecular weight is 243 g/mol. The number of hydrogen-bond donors (Lipinski definition) is 2. The highest BCUT2D eigenvalue weighted by Crippen LogP contribution is 2.21. The molecule has 0 saturated heterocycles. The third kappa shape index (κ3) is 2.76. The first kappa shape index (κ1) is 11.9. The smallest absolute Gasteiger partial charge is 0.188 e. The molecule has 0 atom stereocenters. The van der Waals surface area contributed by atoms with Gasteiger partial charge in [-0.25, -0.2) is 4.98 Å². The van der Waals surface area contributed by atoms with Gasteiger partial charge in [0, 0.05) is 0 Å². The van der Waals surface area contributed by atoms with Gasteiger partial charge >= 0.3 is 0 Å². The molecule has 0 radical (unpaired) electrons. The molecule has 5 heteroatoms. The number of aryl methyl sites for hydroxylation is 1.